The molecule has 0 heterocycles. The van der Waals surface area contributed by atoms with Gasteiger partial charge in [0.15, 0.2) is 6.10 Å². The lowest BCUT2D eigenvalue weighted by atomic mass is 10.0. The van der Waals surface area contributed by atoms with Gasteiger partial charge in [0, 0.05) is 6.42 Å². The summed E-state index contributed by atoms with van der Waals surface area (Å²) in [4.78, 5) is 22.8. The number of nitrogens with zero attached hydrogens (tertiary/aromatic N) is 1. The molecule has 1 N–H and O–H groups in total. The van der Waals surface area contributed by atoms with Gasteiger partial charge < -0.3 is 18.9 Å². The van der Waals surface area contributed by atoms with Crippen LogP contribution in [0.1, 0.15) is 194 Å². The van der Waals surface area contributed by atoms with E-state index >= 15 is 0 Å². The third-order valence-corrected chi connectivity index (χ3v) is 10.2. The fraction of sp³-hybridized carbons (Fsp3) is 0.927. The van der Waals surface area contributed by atoms with E-state index in [0.29, 0.717) is 17.4 Å². The van der Waals surface area contributed by atoms with E-state index in [2.05, 4.69) is 13.8 Å². The van der Waals surface area contributed by atoms with Crippen molar-refractivity contribution in [2.24, 2.45) is 0 Å². The van der Waals surface area contributed by atoms with Gasteiger partial charge >= 0.3 is 13.8 Å². The fourth-order valence-corrected chi connectivity index (χ4v) is 6.61. The van der Waals surface area contributed by atoms with Crippen LogP contribution in [0.25, 0.3) is 0 Å². The summed E-state index contributed by atoms with van der Waals surface area (Å²) in [6.07, 6.45) is 37.6. The van der Waals surface area contributed by atoms with Crippen molar-refractivity contribution in [3.8, 4) is 0 Å². The molecule has 0 bridgehead atoms. The quantitative estimate of drug-likeness (QED) is 0.0221. The normalized spacial score (nSPS) is 13.9. The molecule has 0 spiro atoms. The molecular formula is C41H83NO7P+. The van der Waals surface area contributed by atoms with Crippen molar-refractivity contribution in [3.05, 3.63) is 12.3 Å². The van der Waals surface area contributed by atoms with Crippen LogP contribution in [-0.4, -0.2) is 69.0 Å². The highest BCUT2D eigenvalue weighted by molar-refractivity contribution is 7.47. The molecule has 0 amide bonds. The number of unbranched alkanes of at least 4 members (excludes halogenated alkanes) is 25. The van der Waals surface area contributed by atoms with E-state index in [0.717, 1.165) is 32.1 Å². The van der Waals surface area contributed by atoms with Crippen molar-refractivity contribution < 1.29 is 37.3 Å². The third-order valence-electron chi connectivity index (χ3n) is 9.17. The highest BCUT2D eigenvalue weighted by Crippen LogP contribution is 2.43. The molecule has 0 aromatic rings. The zero-order chi connectivity index (χ0) is 37.0. The number of rotatable bonds is 39. The van der Waals surface area contributed by atoms with Gasteiger partial charge in [-0.15, -0.1) is 0 Å². The molecule has 1 unspecified atom stereocenters. The van der Waals surface area contributed by atoms with E-state index in [1.165, 1.54) is 141 Å². The first-order valence-corrected chi connectivity index (χ1v) is 22.5. The van der Waals surface area contributed by atoms with Gasteiger partial charge in [0.05, 0.1) is 34.0 Å². The predicted octanol–water partition coefficient (Wildman–Crippen LogP) is 12.2. The molecule has 9 heteroatoms. The number of phosphoric ester groups is 1. The Morgan fingerprint density at radius 2 is 1.04 bits per heavy atom. The summed E-state index contributed by atoms with van der Waals surface area (Å²) in [6, 6.07) is 0. The molecule has 0 fully saturated rings. The number of ether oxygens (including phenoxy) is 2. The summed E-state index contributed by atoms with van der Waals surface area (Å²) in [7, 11) is 1.65. The maximum absolute atomic E-state index is 12.6. The maximum atomic E-state index is 12.6. The predicted molar refractivity (Wildman–Crippen MR) is 210 cm³/mol. The first kappa shape index (κ1) is 49.1. The summed E-state index contributed by atoms with van der Waals surface area (Å²) >= 11 is 0. The second kappa shape index (κ2) is 35.1. The molecule has 0 aliphatic carbocycles. The average molecular weight is 733 g/mol. The van der Waals surface area contributed by atoms with Crippen molar-refractivity contribution in [2.45, 2.75) is 200 Å². The Morgan fingerprint density at radius 3 is 1.48 bits per heavy atom. The van der Waals surface area contributed by atoms with Gasteiger partial charge in [0.1, 0.15) is 19.8 Å². The minimum Gasteiger partial charge on any atom is -0.498 e. The first-order valence-electron chi connectivity index (χ1n) is 21.0. The molecule has 0 rings (SSSR count). The molecular weight excluding hydrogens is 649 g/mol. The molecule has 0 aliphatic rings. The van der Waals surface area contributed by atoms with E-state index in [4.69, 9.17) is 18.5 Å². The van der Waals surface area contributed by atoms with Crippen LogP contribution < -0.4 is 0 Å². The number of phosphoric acid groups is 1. The minimum atomic E-state index is -4.28. The Morgan fingerprint density at radius 1 is 0.620 bits per heavy atom. The molecule has 0 saturated heterocycles. The fourth-order valence-electron chi connectivity index (χ4n) is 5.87. The first-order chi connectivity index (χ1) is 24.1. The Kier molecular flexibility index (Phi) is 34.5. The van der Waals surface area contributed by atoms with E-state index in [1.54, 1.807) is 6.26 Å². The second-order valence-corrected chi connectivity index (χ2v) is 16.9. The summed E-state index contributed by atoms with van der Waals surface area (Å²) in [5.41, 5.74) is 0. The zero-order valence-corrected chi connectivity index (χ0v) is 34.5. The van der Waals surface area contributed by atoms with Crippen LogP contribution in [0, 0.1) is 0 Å². The number of carbonyl (C=O) groups excluding carboxylic acids is 1. The number of quaternary nitrogens is 1. The lowest BCUT2D eigenvalue weighted by Crippen LogP contribution is -2.37. The smallest absolute Gasteiger partial charge is 0.472 e. The molecule has 2 atom stereocenters. The van der Waals surface area contributed by atoms with Crippen LogP contribution in [-0.2, 0) is 27.9 Å². The number of carbonyl (C=O) groups is 1. The number of allylic oxidation sites excluding steroid dienone is 1. The number of likely N-dealkylation sites (N-methyl/N-ethyl adjacent to an activating group) is 1. The molecule has 50 heavy (non-hydrogen) atoms. The van der Waals surface area contributed by atoms with Gasteiger partial charge in [-0.2, -0.15) is 0 Å². The van der Waals surface area contributed by atoms with Gasteiger partial charge in [-0.3, -0.25) is 13.8 Å². The van der Waals surface area contributed by atoms with Gasteiger partial charge in [0.2, 0.25) is 0 Å². The van der Waals surface area contributed by atoms with Crippen LogP contribution >= 0.6 is 7.82 Å². The summed E-state index contributed by atoms with van der Waals surface area (Å²) in [6.45, 7) is 4.95. The van der Waals surface area contributed by atoms with Gasteiger partial charge in [-0.1, -0.05) is 168 Å². The minimum absolute atomic E-state index is 0.0539. The molecule has 0 saturated carbocycles. The number of hydrogen-bond acceptors (Lipinski definition) is 6. The third kappa shape index (κ3) is 38.3. The van der Waals surface area contributed by atoms with Crippen molar-refractivity contribution >= 4 is 13.8 Å². The molecule has 0 aromatic carbocycles. The topological polar surface area (TPSA) is 91.3 Å². The zero-order valence-electron chi connectivity index (χ0n) is 33.7. The summed E-state index contributed by atoms with van der Waals surface area (Å²) < 4.78 is 34.7. The van der Waals surface area contributed by atoms with E-state index in [1.807, 2.05) is 27.2 Å². The van der Waals surface area contributed by atoms with Crippen LogP contribution in [0.3, 0.4) is 0 Å². The Labute approximate surface area is 310 Å². The standard InChI is InChI=1S/C41H82NO7P/c1-6-8-10-12-14-16-18-20-21-22-23-25-27-29-31-33-36-46-38-40(39-48-50(44,45)47-37-35-42(3,4)5)49-41(43)34-32-30-28-26-24-19-17-15-13-11-9-7-2/h33,36,40H,6-32,34-35,37-39H2,1-5H3/p+1/b36-33-/t40-/m1/s1. The SMILES string of the molecule is CCCCCCCCCCCCCCCC/C=C\OC[C@H](COP(=O)(O)OCC[N+](C)(C)C)OC(=O)CCCCCCCCCCCCCC. The lowest BCUT2D eigenvalue weighted by Gasteiger charge is -2.24. The monoisotopic (exact) mass is 733 g/mol. The van der Waals surface area contributed by atoms with E-state index in [-0.39, 0.29) is 25.8 Å². The second-order valence-electron chi connectivity index (χ2n) is 15.5. The van der Waals surface area contributed by atoms with Gasteiger partial charge in [-0.05, 0) is 25.3 Å². The highest BCUT2D eigenvalue weighted by Gasteiger charge is 2.26. The lowest BCUT2D eigenvalue weighted by molar-refractivity contribution is -0.870. The van der Waals surface area contributed by atoms with E-state index in [9.17, 15) is 14.3 Å². The van der Waals surface area contributed by atoms with E-state index < -0.39 is 13.9 Å². The molecule has 298 valence electrons. The Balaban J connectivity index is 4.27. The maximum Gasteiger partial charge on any atom is 0.472 e. The van der Waals surface area contributed by atoms with Gasteiger partial charge in [0.25, 0.3) is 0 Å². The van der Waals surface area contributed by atoms with Crippen molar-refractivity contribution in [1.29, 1.82) is 0 Å². The van der Waals surface area contributed by atoms with Crippen molar-refractivity contribution in [2.75, 3.05) is 47.5 Å². The number of hydrogen-bond donors (Lipinski definition) is 1. The molecule has 8 nitrogen and oxygen atoms in total. The van der Waals surface area contributed by atoms with Crippen LogP contribution in [0.2, 0.25) is 0 Å². The largest absolute Gasteiger partial charge is 0.498 e. The number of esters is 1. The average Bonchev–Trinajstić information content (AvgIpc) is 3.06. The van der Waals surface area contributed by atoms with Crippen molar-refractivity contribution in [1.82, 2.24) is 0 Å². The molecule has 0 radical (unpaired) electrons. The van der Waals surface area contributed by atoms with Crippen LogP contribution in [0.4, 0.5) is 0 Å². The van der Waals surface area contributed by atoms with Crippen LogP contribution in [0.5, 0.6) is 0 Å². The Bertz CT molecular complexity index is 817. The summed E-state index contributed by atoms with van der Waals surface area (Å²) in [5.74, 6) is -0.334. The molecule has 0 aromatic heterocycles. The van der Waals surface area contributed by atoms with Crippen molar-refractivity contribution in [3.63, 3.8) is 0 Å². The Hall–Kier alpha value is -0.920. The molecule has 0 aliphatic heterocycles. The highest BCUT2D eigenvalue weighted by atomic mass is 31.2. The van der Waals surface area contributed by atoms with Gasteiger partial charge in [-0.25, -0.2) is 4.57 Å². The van der Waals surface area contributed by atoms with Crippen LogP contribution in [0.15, 0.2) is 12.3 Å². The summed E-state index contributed by atoms with van der Waals surface area (Å²) in [5, 5.41) is 0.